The van der Waals surface area contributed by atoms with E-state index in [-0.39, 0.29) is 35.7 Å². The van der Waals surface area contributed by atoms with Gasteiger partial charge in [-0.25, -0.2) is 0 Å². The van der Waals surface area contributed by atoms with Gasteiger partial charge in [-0.3, -0.25) is 14.4 Å². The van der Waals surface area contributed by atoms with Gasteiger partial charge in [0.05, 0.1) is 0 Å². The second-order valence-corrected chi connectivity index (χ2v) is 7.25. The van der Waals surface area contributed by atoms with Crippen molar-refractivity contribution in [3.63, 3.8) is 0 Å². The topological polar surface area (TPSA) is 70.2 Å². The van der Waals surface area contributed by atoms with E-state index >= 15 is 0 Å². The lowest BCUT2D eigenvalue weighted by molar-refractivity contribution is -0.137. The third-order valence-electron chi connectivity index (χ3n) is 4.91. The minimum absolute atomic E-state index is 0.0274. The van der Waals surface area contributed by atoms with Gasteiger partial charge in [0.25, 0.3) is 0 Å². The normalized spacial score (nSPS) is 24.9. The number of rotatable bonds is 4. The number of nitrogens with zero attached hydrogens (tertiary/aromatic N) is 3. The first-order chi connectivity index (χ1) is 11.3. The number of ether oxygens (including phenoxy) is 1. The number of methoxy groups -OCH3 is 1. The number of likely N-dealkylation sites (tertiary alicyclic amines) is 1. The first-order valence-corrected chi connectivity index (χ1v) is 8.65. The number of hydrogen-bond donors (Lipinski definition) is 0. The third-order valence-corrected chi connectivity index (χ3v) is 4.91. The molecule has 0 bridgehead atoms. The summed E-state index contributed by atoms with van der Waals surface area (Å²) in [6.45, 7) is 9.03. The van der Waals surface area contributed by atoms with Crippen molar-refractivity contribution in [2.75, 3.05) is 53.0 Å². The smallest absolute Gasteiger partial charge is 0.248 e. The summed E-state index contributed by atoms with van der Waals surface area (Å²) >= 11 is 0. The van der Waals surface area contributed by atoms with E-state index in [4.69, 9.17) is 4.74 Å². The molecule has 2 heterocycles. The Morgan fingerprint density at radius 2 is 1.79 bits per heavy atom. The van der Waals surface area contributed by atoms with Crippen LogP contribution in [0.4, 0.5) is 0 Å². The molecule has 0 aromatic heterocycles. The minimum atomic E-state index is -0.377. The quantitative estimate of drug-likeness (QED) is 0.734. The molecule has 1 spiro atoms. The Labute approximate surface area is 143 Å². The van der Waals surface area contributed by atoms with Gasteiger partial charge in [0, 0.05) is 64.1 Å². The van der Waals surface area contributed by atoms with Crippen LogP contribution in [-0.4, -0.2) is 85.4 Å². The highest BCUT2D eigenvalue weighted by Crippen LogP contribution is 2.35. The van der Waals surface area contributed by atoms with E-state index in [0.29, 0.717) is 45.7 Å². The van der Waals surface area contributed by atoms with Crippen LogP contribution in [0.1, 0.15) is 27.2 Å². The zero-order chi connectivity index (χ0) is 17.9. The Morgan fingerprint density at radius 3 is 2.33 bits per heavy atom. The molecule has 0 N–H and O–H groups in total. The van der Waals surface area contributed by atoms with Crippen molar-refractivity contribution in [2.24, 2.45) is 11.3 Å². The van der Waals surface area contributed by atoms with Crippen molar-refractivity contribution in [1.82, 2.24) is 14.7 Å². The van der Waals surface area contributed by atoms with Gasteiger partial charge in [0.1, 0.15) is 6.61 Å². The highest BCUT2D eigenvalue weighted by atomic mass is 16.5. The summed E-state index contributed by atoms with van der Waals surface area (Å²) in [5.74, 6) is 0.00840. The van der Waals surface area contributed by atoms with Crippen LogP contribution in [0.5, 0.6) is 0 Å². The maximum atomic E-state index is 12.5. The van der Waals surface area contributed by atoms with Gasteiger partial charge in [-0.05, 0) is 6.92 Å². The third kappa shape index (κ3) is 3.88. The van der Waals surface area contributed by atoms with Crippen LogP contribution < -0.4 is 0 Å². The summed E-state index contributed by atoms with van der Waals surface area (Å²) in [6.07, 6.45) is 0.388. The molecule has 136 valence electrons. The number of carbonyl (C=O) groups is 3. The van der Waals surface area contributed by atoms with E-state index in [1.807, 2.05) is 30.6 Å². The maximum Gasteiger partial charge on any atom is 0.248 e. The standard InChI is InChI=1S/C17H29N3O4/c1-5-18-10-17(8-14(18)21)11-19(15(22)9-24-4)6-7-20(12-17)16(23)13(2)3/h13H,5-12H2,1-4H3. The van der Waals surface area contributed by atoms with E-state index in [2.05, 4.69) is 0 Å². The van der Waals surface area contributed by atoms with E-state index in [1.165, 1.54) is 7.11 Å². The minimum Gasteiger partial charge on any atom is -0.375 e. The highest BCUT2D eigenvalue weighted by molar-refractivity contribution is 5.82. The molecule has 2 aliphatic rings. The molecule has 2 saturated heterocycles. The van der Waals surface area contributed by atoms with Gasteiger partial charge in [-0.15, -0.1) is 0 Å². The summed E-state index contributed by atoms with van der Waals surface area (Å²) < 4.78 is 4.98. The van der Waals surface area contributed by atoms with Gasteiger partial charge in [0.2, 0.25) is 17.7 Å². The monoisotopic (exact) mass is 339 g/mol. The lowest BCUT2D eigenvalue weighted by Crippen LogP contribution is -2.46. The lowest BCUT2D eigenvalue weighted by atomic mass is 9.85. The average molecular weight is 339 g/mol. The van der Waals surface area contributed by atoms with Gasteiger partial charge in [-0.2, -0.15) is 0 Å². The van der Waals surface area contributed by atoms with Gasteiger partial charge >= 0.3 is 0 Å². The highest BCUT2D eigenvalue weighted by Gasteiger charge is 2.47. The van der Waals surface area contributed by atoms with Crippen LogP contribution in [-0.2, 0) is 19.1 Å². The van der Waals surface area contributed by atoms with Gasteiger partial charge < -0.3 is 19.4 Å². The van der Waals surface area contributed by atoms with E-state index < -0.39 is 0 Å². The number of hydrogen-bond acceptors (Lipinski definition) is 4. The first kappa shape index (κ1) is 18.7. The van der Waals surface area contributed by atoms with Crippen molar-refractivity contribution in [2.45, 2.75) is 27.2 Å². The summed E-state index contributed by atoms with van der Waals surface area (Å²) in [4.78, 5) is 42.6. The van der Waals surface area contributed by atoms with Crippen LogP contribution in [0.3, 0.4) is 0 Å². The van der Waals surface area contributed by atoms with Crippen molar-refractivity contribution in [1.29, 1.82) is 0 Å². The molecule has 0 radical (unpaired) electrons. The molecule has 24 heavy (non-hydrogen) atoms. The largest absolute Gasteiger partial charge is 0.375 e. The zero-order valence-electron chi connectivity index (χ0n) is 15.2. The van der Waals surface area contributed by atoms with Crippen molar-refractivity contribution in [3.8, 4) is 0 Å². The molecule has 0 aromatic rings. The summed E-state index contributed by atoms with van der Waals surface area (Å²) in [6, 6.07) is 0. The van der Waals surface area contributed by atoms with Gasteiger partial charge in [-0.1, -0.05) is 13.8 Å². The van der Waals surface area contributed by atoms with E-state index in [9.17, 15) is 14.4 Å². The number of carbonyl (C=O) groups excluding carboxylic acids is 3. The Hall–Kier alpha value is -1.63. The van der Waals surface area contributed by atoms with Crippen LogP contribution in [0.25, 0.3) is 0 Å². The molecule has 7 nitrogen and oxygen atoms in total. The molecule has 2 rings (SSSR count). The van der Waals surface area contributed by atoms with Crippen molar-refractivity contribution in [3.05, 3.63) is 0 Å². The predicted octanol–water partition coefficient (Wildman–Crippen LogP) is 0.198. The maximum absolute atomic E-state index is 12.5. The van der Waals surface area contributed by atoms with Crippen LogP contribution in [0, 0.1) is 11.3 Å². The molecule has 2 fully saturated rings. The Kier molecular flexibility index (Phi) is 5.85. The fourth-order valence-electron chi connectivity index (χ4n) is 3.72. The fourth-order valence-corrected chi connectivity index (χ4v) is 3.72. The summed E-state index contributed by atoms with van der Waals surface area (Å²) in [7, 11) is 1.50. The fraction of sp³-hybridized carbons (Fsp3) is 0.824. The Balaban J connectivity index is 2.26. The second-order valence-electron chi connectivity index (χ2n) is 7.25. The molecule has 7 heteroatoms. The molecule has 1 atom stereocenters. The Morgan fingerprint density at radius 1 is 1.17 bits per heavy atom. The molecular weight excluding hydrogens is 310 g/mol. The van der Waals surface area contributed by atoms with Crippen molar-refractivity contribution >= 4 is 17.7 Å². The molecule has 1 unspecified atom stereocenters. The predicted molar refractivity (Wildman–Crippen MR) is 89.2 cm³/mol. The molecule has 0 aliphatic carbocycles. The van der Waals surface area contributed by atoms with Crippen LogP contribution in [0.2, 0.25) is 0 Å². The van der Waals surface area contributed by atoms with Crippen molar-refractivity contribution < 1.29 is 19.1 Å². The Bertz CT molecular complexity index is 508. The number of amides is 3. The summed E-state index contributed by atoms with van der Waals surface area (Å²) in [5.41, 5.74) is -0.377. The molecule has 3 amide bonds. The molecule has 2 aliphatic heterocycles. The SMILES string of the molecule is CCN1CC2(CC1=O)CN(C(=O)COC)CCN(C(=O)C(C)C)C2. The summed E-state index contributed by atoms with van der Waals surface area (Å²) in [5, 5.41) is 0. The second kappa shape index (κ2) is 7.51. The molecule has 0 aromatic carbocycles. The van der Waals surface area contributed by atoms with E-state index in [0.717, 1.165) is 0 Å². The van der Waals surface area contributed by atoms with Crippen LogP contribution in [0.15, 0.2) is 0 Å². The van der Waals surface area contributed by atoms with E-state index in [1.54, 1.807) is 4.90 Å². The average Bonchev–Trinajstić information content (AvgIpc) is 2.72. The zero-order valence-corrected chi connectivity index (χ0v) is 15.2. The first-order valence-electron chi connectivity index (χ1n) is 8.65. The lowest BCUT2D eigenvalue weighted by Gasteiger charge is -2.34. The molecular formula is C17H29N3O4. The molecule has 0 saturated carbocycles. The van der Waals surface area contributed by atoms with Gasteiger partial charge in [0.15, 0.2) is 0 Å². The van der Waals surface area contributed by atoms with Crippen LogP contribution >= 0.6 is 0 Å².